The summed E-state index contributed by atoms with van der Waals surface area (Å²) in [7, 11) is 0. The average Bonchev–Trinajstić information content (AvgIpc) is 2.67. The molecule has 6 nitrogen and oxygen atoms in total. The highest BCUT2D eigenvalue weighted by Gasteiger charge is 2.22. The number of hydrogen-bond acceptors (Lipinski definition) is 4. The van der Waals surface area contributed by atoms with Crippen molar-refractivity contribution in [2.24, 2.45) is 0 Å². The fourth-order valence-electron chi connectivity index (χ4n) is 2.50. The van der Waals surface area contributed by atoms with Crippen molar-refractivity contribution < 1.29 is 9.72 Å². The molecule has 0 atom stereocenters. The molecule has 1 aromatic heterocycles. The Bertz CT molecular complexity index is 981. The molecule has 136 valence electrons. The van der Waals surface area contributed by atoms with E-state index in [1.165, 1.54) is 17.0 Å². The zero-order chi connectivity index (χ0) is 19.4. The lowest BCUT2D eigenvalue weighted by Crippen LogP contribution is -2.30. The van der Waals surface area contributed by atoms with Gasteiger partial charge in [-0.15, -0.1) is 0 Å². The Balaban J connectivity index is 2.01. The first-order valence-corrected chi connectivity index (χ1v) is 9.04. The number of amides is 1. The third kappa shape index (κ3) is 4.50. The number of pyridine rings is 1. The number of carbonyl (C=O) groups excluding carboxylic acids is 1. The summed E-state index contributed by atoms with van der Waals surface area (Å²) in [5, 5.41) is 11.7. The standard InChI is InChI=1S/C19H13BrClN3O3/c20-17-9-4-13(11-18(17)24(26)27)19(25)23(12-15-3-1-2-10-22-15)16-7-5-14(21)6-8-16/h1-11H,12H2. The van der Waals surface area contributed by atoms with Crippen LogP contribution in [0.4, 0.5) is 11.4 Å². The number of rotatable bonds is 5. The molecule has 0 aliphatic rings. The normalized spacial score (nSPS) is 10.4. The van der Waals surface area contributed by atoms with Crippen molar-refractivity contribution in [2.75, 3.05) is 4.90 Å². The SMILES string of the molecule is O=C(c1ccc(Br)c([N+](=O)[O-])c1)N(Cc1ccccn1)c1ccc(Cl)cc1. The van der Waals surface area contributed by atoms with Gasteiger partial charge in [-0.2, -0.15) is 0 Å². The molecular weight excluding hydrogens is 434 g/mol. The average molecular weight is 447 g/mol. The highest BCUT2D eigenvalue weighted by atomic mass is 79.9. The molecule has 0 radical (unpaired) electrons. The van der Waals surface area contributed by atoms with Crippen LogP contribution in [0.3, 0.4) is 0 Å². The predicted molar refractivity (Wildman–Crippen MR) is 107 cm³/mol. The van der Waals surface area contributed by atoms with Gasteiger partial charge in [0.25, 0.3) is 11.6 Å². The van der Waals surface area contributed by atoms with Crippen LogP contribution in [0.25, 0.3) is 0 Å². The Morgan fingerprint density at radius 3 is 2.52 bits per heavy atom. The van der Waals surface area contributed by atoms with Crippen LogP contribution in [0, 0.1) is 10.1 Å². The summed E-state index contributed by atoms with van der Waals surface area (Å²) >= 11 is 9.08. The van der Waals surface area contributed by atoms with Gasteiger partial charge >= 0.3 is 0 Å². The number of carbonyl (C=O) groups is 1. The summed E-state index contributed by atoms with van der Waals surface area (Å²) in [6.07, 6.45) is 1.64. The van der Waals surface area contributed by atoms with Gasteiger partial charge in [-0.3, -0.25) is 19.9 Å². The molecule has 1 heterocycles. The summed E-state index contributed by atoms with van der Waals surface area (Å²) in [4.78, 5) is 29.6. The van der Waals surface area contributed by atoms with Crippen LogP contribution < -0.4 is 4.90 Å². The van der Waals surface area contributed by atoms with Gasteiger partial charge in [-0.25, -0.2) is 0 Å². The summed E-state index contributed by atoms with van der Waals surface area (Å²) in [6.45, 7) is 0.213. The summed E-state index contributed by atoms with van der Waals surface area (Å²) in [5.41, 5.74) is 1.33. The van der Waals surface area contributed by atoms with Crippen LogP contribution >= 0.6 is 27.5 Å². The lowest BCUT2D eigenvalue weighted by atomic mass is 10.1. The lowest BCUT2D eigenvalue weighted by molar-refractivity contribution is -0.385. The second-order valence-electron chi connectivity index (χ2n) is 5.61. The van der Waals surface area contributed by atoms with Gasteiger partial charge in [0.15, 0.2) is 0 Å². The number of nitro benzene ring substituents is 1. The minimum atomic E-state index is -0.535. The van der Waals surface area contributed by atoms with Gasteiger partial charge in [0.2, 0.25) is 0 Å². The molecule has 8 heteroatoms. The summed E-state index contributed by atoms with van der Waals surface area (Å²) in [5.74, 6) is -0.376. The Kier molecular flexibility index (Phi) is 5.83. The maximum Gasteiger partial charge on any atom is 0.284 e. The van der Waals surface area contributed by atoms with E-state index in [2.05, 4.69) is 20.9 Å². The van der Waals surface area contributed by atoms with Crippen molar-refractivity contribution in [1.29, 1.82) is 0 Å². The Morgan fingerprint density at radius 1 is 1.15 bits per heavy atom. The van der Waals surface area contributed by atoms with E-state index < -0.39 is 4.92 Å². The number of nitrogens with zero attached hydrogens (tertiary/aromatic N) is 3. The van der Waals surface area contributed by atoms with E-state index in [-0.39, 0.29) is 23.7 Å². The number of hydrogen-bond donors (Lipinski definition) is 0. The number of benzene rings is 2. The van der Waals surface area contributed by atoms with Crippen LogP contribution in [0.2, 0.25) is 5.02 Å². The van der Waals surface area contributed by atoms with Gasteiger partial charge in [0, 0.05) is 28.5 Å². The van der Waals surface area contributed by atoms with Crippen LogP contribution in [-0.4, -0.2) is 15.8 Å². The third-order valence-corrected chi connectivity index (χ3v) is 4.74. The van der Waals surface area contributed by atoms with Gasteiger partial charge < -0.3 is 4.90 Å². The number of anilines is 1. The molecule has 0 aliphatic carbocycles. The second kappa shape index (κ2) is 8.28. The molecule has 3 rings (SSSR count). The fraction of sp³-hybridized carbons (Fsp3) is 0.0526. The van der Waals surface area contributed by atoms with Crippen LogP contribution in [0.1, 0.15) is 16.1 Å². The molecule has 1 amide bonds. The first-order chi connectivity index (χ1) is 13.0. The maximum atomic E-state index is 13.1. The molecule has 0 spiro atoms. The zero-order valence-electron chi connectivity index (χ0n) is 13.9. The van der Waals surface area contributed by atoms with Crippen LogP contribution in [0.5, 0.6) is 0 Å². The monoisotopic (exact) mass is 445 g/mol. The van der Waals surface area contributed by atoms with Crippen molar-refractivity contribution in [3.63, 3.8) is 0 Å². The smallest absolute Gasteiger partial charge is 0.284 e. The molecule has 2 aromatic carbocycles. The quantitative estimate of drug-likeness (QED) is 0.396. The van der Waals surface area contributed by atoms with Crippen molar-refractivity contribution in [1.82, 2.24) is 4.98 Å². The lowest BCUT2D eigenvalue weighted by Gasteiger charge is -2.23. The largest absolute Gasteiger partial charge is 0.302 e. The number of aromatic nitrogens is 1. The van der Waals surface area contributed by atoms with E-state index in [0.29, 0.717) is 20.9 Å². The molecule has 0 unspecified atom stereocenters. The maximum absolute atomic E-state index is 13.1. The molecule has 0 N–H and O–H groups in total. The predicted octanol–water partition coefficient (Wildman–Crippen LogP) is 5.25. The van der Waals surface area contributed by atoms with E-state index in [0.717, 1.165) is 0 Å². The Labute approximate surface area is 168 Å². The van der Waals surface area contributed by atoms with Gasteiger partial charge in [0.1, 0.15) is 0 Å². The van der Waals surface area contributed by atoms with E-state index in [1.54, 1.807) is 48.7 Å². The van der Waals surface area contributed by atoms with E-state index in [9.17, 15) is 14.9 Å². The zero-order valence-corrected chi connectivity index (χ0v) is 16.2. The van der Waals surface area contributed by atoms with Crippen molar-refractivity contribution in [3.05, 3.63) is 97.7 Å². The van der Waals surface area contributed by atoms with E-state index >= 15 is 0 Å². The first-order valence-electron chi connectivity index (χ1n) is 7.87. The molecular formula is C19H13BrClN3O3. The molecule has 0 fully saturated rings. The Morgan fingerprint density at radius 2 is 1.89 bits per heavy atom. The second-order valence-corrected chi connectivity index (χ2v) is 6.90. The minimum Gasteiger partial charge on any atom is -0.302 e. The van der Waals surface area contributed by atoms with Gasteiger partial charge in [-0.1, -0.05) is 17.7 Å². The van der Waals surface area contributed by atoms with Crippen LogP contribution in [0.15, 0.2) is 71.3 Å². The molecule has 0 aliphatic heterocycles. The van der Waals surface area contributed by atoms with Crippen molar-refractivity contribution in [3.8, 4) is 0 Å². The molecule has 0 saturated heterocycles. The Hall–Kier alpha value is -2.77. The molecule has 27 heavy (non-hydrogen) atoms. The van der Waals surface area contributed by atoms with Crippen LogP contribution in [-0.2, 0) is 6.54 Å². The molecule has 3 aromatic rings. The summed E-state index contributed by atoms with van der Waals surface area (Å²) < 4.78 is 0.312. The summed E-state index contributed by atoms with van der Waals surface area (Å²) in [6, 6.07) is 16.5. The molecule has 0 saturated carbocycles. The van der Waals surface area contributed by atoms with E-state index in [4.69, 9.17) is 11.6 Å². The number of halogens is 2. The fourth-order valence-corrected chi connectivity index (χ4v) is 3.01. The number of nitro groups is 1. The van der Waals surface area contributed by atoms with Gasteiger partial charge in [0.05, 0.1) is 21.6 Å². The topological polar surface area (TPSA) is 76.3 Å². The highest BCUT2D eigenvalue weighted by molar-refractivity contribution is 9.10. The molecule has 0 bridgehead atoms. The van der Waals surface area contributed by atoms with E-state index in [1.807, 2.05) is 6.07 Å². The van der Waals surface area contributed by atoms with Crippen molar-refractivity contribution in [2.45, 2.75) is 6.54 Å². The highest BCUT2D eigenvalue weighted by Crippen LogP contribution is 2.28. The first kappa shape index (κ1) is 19.0. The van der Waals surface area contributed by atoms with Gasteiger partial charge in [-0.05, 0) is 64.5 Å². The minimum absolute atomic E-state index is 0.172. The third-order valence-electron chi connectivity index (χ3n) is 3.82. The van der Waals surface area contributed by atoms with Crippen molar-refractivity contribution >= 4 is 44.8 Å².